The van der Waals surface area contributed by atoms with Crippen molar-refractivity contribution in [3.05, 3.63) is 33.8 Å². The van der Waals surface area contributed by atoms with Crippen LogP contribution in [0.2, 0.25) is 10.0 Å². The highest BCUT2D eigenvalue weighted by molar-refractivity contribution is 6.43. The smallest absolute Gasteiger partial charge is 0.253 e. The van der Waals surface area contributed by atoms with Gasteiger partial charge < -0.3 is 15.5 Å². The van der Waals surface area contributed by atoms with Gasteiger partial charge in [0.15, 0.2) is 0 Å². The molecule has 1 aromatic rings. The zero-order valence-electron chi connectivity index (χ0n) is 15.7. The molecular formula is C19H25Cl2N3O3. The van der Waals surface area contributed by atoms with Crippen molar-refractivity contribution in [2.45, 2.75) is 45.7 Å². The number of carbonyl (C=O) groups is 3. The van der Waals surface area contributed by atoms with Gasteiger partial charge in [-0.2, -0.15) is 0 Å². The maximum absolute atomic E-state index is 12.7. The molecule has 1 aliphatic heterocycles. The minimum atomic E-state index is -0.716. The third-order valence-electron chi connectivity index (χ3n) is 4.52. The fourth-order valence-electron chi connectivity index (χ4n) is 2.95. The van der Waals surface area contributed by atoms with Gasteiger partial charge in [-0.05, 0) is 31.9 Å². The van der Waals surface area contributed by atoms with Crippen LogP contribution in [-0.4, -0.2) is 47.8 Å². The van der Waals surface area contributed by atoms with Gasteiger partial charge in [0.2, 0.25) is 11.8 Å². The van der Waals surface area contributed by atoms with Crippen molar-refractivity contribution in [2.24, 2.45) is 5.92 Å². The number of halogens is 2. The summed E-state index contributed by atoms with van der Waals surface area (Å²) in [6.45, 7) is 6.34. The lowest BCUT2D eigenvalue weighted by molar-refractivity contribution is -0.135. The van der Waals surface area contributed by atoms with Crippen LogP contribution < -0.4 is 10.6 Å². The summed E-state index contributed by atoms with van der Waals surface area (Å²) >= 11 is 12.0. The Balaban J connectivity index is 1.96. The molecule has 1 fully saturated rings. The Morgan fingerprint density at radius 1 is 1.19 bits per heavy atom. The molecule has 1 heterocycles. The van der Waals surface area contributed by atoms with Crippen molar-refractivity contribution in [3.63, 3.8) is 0 Å². The van der Waals surface area contributed by atoms with E-state index in [1.807, 2.05) is 13.8 Å². The summed E-state index contributed by atoms with van der Waals surface area (Å²) in [6, 6.07) is 3.99. The fraction of sp³-hybridized carbons (Fsp3) is 0.526. The van der Waals surface area contributed by atoms with Gasteiger partial charge in [0.25, 0.3) is 5.91 Å². The summed E-state index contributed by atoms with van der Waals surface area (Å²) in [5.74, 6) is -0.766. The minimum absolute atomic E-state index is 0.0220. The monoisotopic (exact) mass is 413 g/mol. The van der Waals surface area contributed by atoms with Crippen LogP contribution in [0.25, 0.3) is 0 Å². The standard InChI is InChI=1S/C19H25Cl2N3O3/c1-11(2)17(25)23-13-6-5-9-24(10-13)19(27)12(3)22-18(26)14-7-4-8-15(20)16(14)21/h4,7-8,11-13H,5-6,9-10H2,1-3H3,(H,22,26)(H,23,25). The van der Waals surface area contributed by atoms with Crippen molar-refractivity contribution >= 4 is 40.9 Å². The number of hydrogen-bond acceptors (Lipinski definition) is 3. The van der Waals surface area contributed by atoms with E-state index in [0.29, 0.717) is 13.1 Å². The molecule has 2 unspecified atom stereocenters. The second-order valence-corrected chi connectivity index (χ2v) is 7.87. The van der Waals surface area contributed by atoms with Crippen molar-refractivity contribution in [1.82, 2.24) is 15.5 Å². The highest BCUT2D eigenvalue weighted by Crippen LogP contribution is 2.25. The van der Waals surface area contributed by atoms with Crippen molar-refractivity contribution < 1.29 is 14.4 Å². The third kappa shape index (κ3) is 5.59. The lowest BCUT2D eigenvalue weighted by atomic mass is 10.0. The van der Waals surface area contributed by atoms with Crippen LogP contribution in [0.5, 0.6) is 0 Å². The number of amides is 3. The van der Waals surface area contributed by atoms with E-state index in [1.54, 1.807) is 30.0 Å². The van der Waals surface area contributed by atoms with E-state index in [1.165, 1.54) is 0 Å². The molecule has 2 N–H and O–H groups in total. The maximum Gasteiger partial charge on any atom is 0.253 e. The van der Waals surface area contributed by atoms with Gasteiger partial charge in [0, 0.05) is 25.0 Å². The molecule has 0 bridgehead atoms. The highest BCUT2D eigenvalue weighted by atomic mass is 35.5. The molecule has 27 heavy (non-hydrogen) atoms. The predicted octanol–water partition coefficient (Wildman–Crippen LogP) is 2.87. The molecular weight excluding hydrogens is 389 g/mol. The van der Waals surface area contributed by atoms with E-state index in [4.69, 9.17) is 23.2 Å². The number of likely N-dealkylation sites (tertiary alicyclic amines) is 1. The van der Waals surface area contributed by atoms with Crippen molar-refractivity contribution in [2.75, 3.05) is 13.1 Å². The SMILES string of the molecule is CC(C)C(=O)NC1CCCN(C(=O)C(C)NC(=O)c2cccc(Cl)c2Cl)C1. The van der Waals surface area contributed by atoms with E-state index in [-0.39, 0.29) is 39.4 Å². The van der Waals surface area contributed by atoms with E-state index in [0.717, 1.165) is 12.8 Å². The predicted molar refractivity (Wildman–Crippen MR) is 106 cm³/mol. The normalized spacial score (nSPS) is 18.1. The van der Waals surface area contributed by atoms with Crippen molar-refractivity contribution in [3.8, 4) is 0 Å². The molecule has 0 aliphatic carbocycles. The summed E-state index contributed by atoms with van der Waals surface area (Å²) in [7, 11) is 0. The number of rotatable bonds is 5. The van der Waals surface area contributed by atoms with Gasteiger partial charge in [-0.1, -0.05) is 43.1 Å². The Hall–Kier alpha value is -1.79. The lowest BCUT2D eigenvalue weighted by Gasteiger charge is -2.35. The van der Waals surface area contributed by atoms with Gasteiger partial charge in [-0.3, -0.25) is 14.4 Å². The molecule has 0 spiro atoms. The van der Waals surface area contributed by atoms with Gasteiger partial charge in [0.05, 0.1) is 15.6 Å². The Morgan fingerprint density at radius 3 is 2.56 bits per heavy atom. The quantitative estimate of drug-likeness (QED) is 0.778. The first-order valence-electron chi connectivity index (χ1n) is 9.04. The van der Waals surface area contributed by atoms with Crippen LogP contribution in [0.3, 0.4) is 0 Å². The molecule has 1 aromatic carbocycles. The molecule has 0 saturated carbocycles. The number of hydrogen-bond donors (Lipinski definition) is 2. The van der Waals surface area contributed by atoms with Crippen LogP contribution in [0.1, 0.15) is 44.0 Å². The van der Waals surface area contributed by atoms with Crippen LogP contribution in [0.15, 0.2) is 18.2 Å². The van der Waals surface area contributed by atoms with E-state index >= 15 is 0 Å². The Kier molecular flexibility index (Phi) is 7.50. The van der Waals surface area contributed by atoms with Gasteiger partial charge >= 0.3 is 0 Å². The number of nitrogens with one attached hydrogen (secondary N) is 2. The number of nitrogens with zero attached hydrogens (tertiary/aromatic N) is 1. The largest absolute Gasteiger partial charge is 0.351 e. The van der Waals surface area contributed by atoms with E-state index in [2.05, 4.69) is 10.6 Å². The molecule has 8 heteroatoms. The number of carbonyl (C=O) groups excluding carboxylic acids is 3. The van der Waals surface area contributed by atoms with Crippen LogP contribution in [-0.2, 0) is 9.59 Å². The molecule has 148 valence electrons. The van der Waals surface area contributed by atoms with Crippen molar-refractivity contribution in [1.29, 1.82) is 0 Å². The number of benzene rings is 1. The first kappa shape index (κ1) is 21.5. The van der Waals surface area contributed by atoms with Gasteiger partial charge in [0.1, 0.15) is 6.04 Å². The summed E-state index contributed by atoms with van der Waals surface area (Å²) in [5.41, 5.74) is 0.226. The maximum atomic E-state index is 12.7. The Morgan fingerprint density at radius 2 is 1.89 bits per heavy atom. The molecule has 2 rings (SSSR count). The average molecular weight is 414 g/mol. The van der Waals surface area contributed by atoms with E-state index < -0.39 is 11.9 Å². The summed E-state index contributed by atoms with van der Waals surface area (Å²) < 4.78 is 0. The van der Waals surface area contributed by atoms with E-state index in [9.17, 15) is 14.4 Å². The molecule has 1 saturated heterocycles. The molecule has 6 nitrogen and oxygen atoms in total. The average Bonchev–Trinajstić information content (AvgIpc) is 2.63. The van der Waals surface area contributed by atoms with Crippen LogP contribution in [0.4, 0.5) is 0 Å². The Bertz CT molecular complexity index is 724. The van der Waals surface area contributed by atoms with Gasteiger partial charge in [-0.25, -0.2) is 0 Å². The molecule has 2 atom stereocenters. The first-order chi connectivity index (χ1) is 12.7. The second-order valence-electron chi connectivity index (χ2n) is 7.08. The highest BCUT2D eigenvalue weighted by Gasteiger charge is 2.29. The third-order valence-corrected chi connectivity index (χ3v) is 5.34. The zero-order chi connectivity index (χ0) is 20.1. The number of piperidine rings is 1. The molecule has 1 aliphatic rings. The molecule has 3 amide bonds. The van der Waals surface area contributed by atoms with Crippen LogP contribution in [0, 0.1) is 5.92 Å². The minimum Gasteiger partial charge on any atom is -0.351 e. The topological polar surface area (TPSA) is 78.5 Å². The second kappa shape index (κ2) is 9.42. The first-order valence-corrected chi connectivity index (χ1v) is 9.80. The summed E-state index contributed by atoms with van der Waals surface area (Å²) in [6.07, 6.45) is 1.64. The van der Waals surface area contributed by atoms with Gasteiger partial charge in [-0.15, -0.1) is 0 Å². The van der Waals surface area contributed by atoms with Crippen LogP contribution >= 0.6 is 23.2 Å². The summed E-state index contributed by atoms with van der Waals surface area (Å²) in [5, 5.41) is 6.08. The Labute approximate surface area is 169 Å². The molecule has 0 aromatic heterocycles. The molecule has 0 radical (unpaired) electrons. The lowest BCUT2D eigenvalue weighted by Crippen LogP contribution is -2.54. The summed E-state index contributed by atoms with van der Waals surface area (Å²) in [4.78, 5) is 38.7. The fourth-order valence-corrected chi connectivity index (χ4v) is 3.34. The zero-order valence-corrected chi connectivity index (χ0v) is 17.2.